The Labute approximate surface area is 122 Å². The molecule has 1 saturated heterocycles. The number of benzene rings is 1. The molecule has 0 atom stereocenters. The molecular formula is C18H26N2. The van der Waals surface area contributed by atoms with Gasteiger partial charge in [-0.25, -0.2) is 0 Å². The summed E-state index contributed by atoms with van der Waals surface area (Å²) in [5.41, 5.74) is 5.22. The largest absolute Gasteiger partial charge is 0.384 e. The third-order valence-corrected chi connectivity index (χ3v) is 5.91. The fourth-order valence-corrected chi connectivity index (χ4v) is 4.59. The minimum absolute atomic E-state index is 0.743. The molecule has 1 aromatic carbocycles. The van der Waals surface area contributed by atoms with Crippen LogP contribution in [0.4, 0.5) is 5.69 Å². The lowest BCUT2D eigenvalue weighted by Gasteiger charge is -2.39. The second kappa shape index (κ2) is 5.07. The van der Waals surface area contributed by atoms with Crippen LogP contribution in [0, 0.1) is 5.41 Å². The van der Waals surface area contributed by atoms with Crippen molar-refractivity contribution in [2.75, 3.05) is 25.0 Å². The van der Waals surface area contributed by atoms with E-state index in [0.717, 1.165) is 18.5 Å². The Morgan fingerprint density at radius 2 is 1.85 bits per heavy atom. The smallest absolute Gasteiger partial charge is 0.0419 e. The molecule has 1 N–H and O–H groups in total. The van der Waals surface area contributed by atoms with Gasteiger partial charge in [-0.05, 0) is 61.7 Å². The van der Waals surface area contributed by atoms with Crippen molar-refractivity contribution in [1.29, 1.82) is 0 Å². The van der Waals surface area contributed by atoms with Crippen LogP contribution < -0.4 is 5.32 Å². The number of piperidine rings is 1. The van der Waals surface area contributed by atoms with Crippen molar-refractivity contribution in [3.63, 3.8) is 0 Å². The zero-order chi connectivity index (χ0) is 13.4. The molecule has 0 radical (unpaired) electrons. The van der Waals surface area contributed by atoms with E-state index < -0.39 is 0 Å². The van der Waals surface area contributed by atoms with E-state index in [9.17, 15) is 0 Å². The quantitative estimate of drug-likeness (QED) is 0.879. The number of rotatable bonds is 2. The lowest BCUT2D eigenvalue weighted by Crippen LogP contribution is -2.38. The van der Waals surface area contributed by atoms with Crippen LogP contribution >= 0.6 is 0 Å². The summed E-state index contributed by atoms with van der Waals surface area (Å²) >= 11 is 0. The third kappa shape index (κ3) is 2.24. The summed E-state index contributed by atoms with van der Waals surface area (Å²) in [7, 11) is 0. The maximum absolute atomic E-state index is 3.58. The normalized spacial score (nSPS) is 24.8. The van der Waals surface area contributed by atoms with Crippen molar-refractivity contribution in [3.05, 3.63) is 29.3 Å². The second-order valence-electron chi connectivity index (χ2n) is 7.11. The summed E-state index contributed by atoms with van der Waals surface area (Å²) in [5.74, 6) is 0. The van der Waals surface area contributed by atoms with E-state index in [0.29, 0.717) is 0 Å². The number of para-hydroxylation sites is 1. The van der Waals surface area contributed by atoms with Crippen LogP contribution in [0.25, 0.3) is 0 Å². The Balaban J connectivity index is 1.42. The molecule has 3 aliphatic rings. The maximum atomic E-state index is 3.58. The molecule has 2 fully saturated rings. The van der Waals surface area contributed by atoms with Gasteiger partial charge >= 0.3 is 0 Å². The van der Waals surface area contributed by atoms with Gasteiger partial charge in [-0.2, -0.15) is 0 Å². The van der Waals surface area contributed by atoms with E-state index >= 15 is 0 Å². The molecule has 2 heteroatoms. The van der Waals surface area contributed by atoms with E-state index in [1.165, 1.54) is 74.8 Å². The summed E-state index contributed by atoms with van der Waals surface area (Å²) < 4.78 is 0. The number of nitrogens with zero attached hydrogens (tertiary/aromatic N) is 1. The topological polar surface area (TPSA) is 15.3 Å². The van der Waals surface area contributed by atoms with Crippen LogP contribution in [-0.4, -0.2) is 24.5 Å². The summed E-state index contributed by atoms with van der Waals surface area (Å²) in [6.45, 7) is 4.88. The first kappa shape index (κ1) is 12.7. The number of hydrogen-bond acceptors (Lipinski definition) is 2. The molecule has 0 amide bonds. The number of anilines is 1. The number of fused-ring (bicyclic) bond motifs is 1. The predicted octanol–water partition coefficient (Wildman–Crippen LogP) is 3.81. The minimum atomic E-state index is 0.743. The highest BCUT2D eigenvalue weighted by Gasteiger charge is 2.36. The molecule has 0 aromatic heterocycles. The second-order valence-corrected chi connectivity index (χ2v) is 7.11. The highest BCUT2D eigenvalue weighted by Crippen LogP contribution is 2.46. The maximum Gasteiger partial charge on any atom is 0.0419 e. The Morgan fingerprint density at radius 3 is 2.65 bits per heavy atom. The number of nitrogens with one attached hydrogen (secondary N) is 1. The van der Waals surface area contributed by atoms with Gasteiger partial charge < -0.3 is 5.32 Å². The molecule has 4 rings (SSSR count). The Kier molecular flexibility index (Phi) is 3.22. The molecule has 1 aliphatic carbocycles. The standard InChI is InChI=1S/C18H26N2/c1-2-8-18(7-1)9-12-20(13-10-18)14-16-5-3-4-15-6-11-19-17(15)16/h3-5,19H,1-2,6-14H2. The summed E-state index contributed by atoms with van der Waals surface area (Å²) in [5, 5.41) is 3.58. The number of likely N-dealkylation sites (tertiary alicyclic amines) is 1. The van der Waals surface area contributed by atoms with Gasteiger partial charge in [0.05, 0.1) is 0 Å². The van der Waals surface area contributed by atoms with E-state index in [-0.39, 0.29) is 0 Å². The Bertz CT molecular complexity index is 478. The van der Waals surface area contributed by atoms with Crippen LogP contribution in [0.2, 0.25) is 0 Å². The molecule has 20 heavy (non-hydrogen) atoms. The molecule has 2 heterocycles. The number of hydrogen-bond donors (Lipinski definition) is 1. The van der Waals surface area contributed by atoms with E-state index in [1.54, 1.807) is 0 Å². The Morgan fingerprint density at radius 1 is 1.05 bits per heavy atom. The van der Waals surface area contributed by atoms with Gasteiger partial charge in [0.25, 0.3) is 0 Å². The molecule has 1 aromatic rings. The van der Waals surface area contributed by atoms with Crippen LogP contribution in [0.1, 0.15) is 49.7 Å². The van der Waals surface area contributed by atoms with E-state index in [1.807, 2.05) is 0 Å². The van der Waals surface area contributed by atoms with Gasteiger partial charge in [0.15, 0.2) is 0 Å². The monoisotopic (exact) mass is 270 g/mol. The fraction of sp³-hybridized carbons (Fsp3) is 0.667. The molecular weight excluding hydrogens is 244 g/mol. The Hall–Kier alpha value is -1.02. The van der Waals surface area contributed by atoms with Crippen molar-refractivity contribution in [2.24, 2.45) is 5.41 Å². The first-order valence-electron chi connectivity index (χ1n) is 8.42. The van der Waals surface area contributed by atoms with Gasteiger partial charge in [0.2, 0.25) is 0 Å². The zero-order valence-electron chi connectivity index (χ0n) is 12.5. The van der Waals surface area contributed by atoms with Crippen molar-refractivity contribution in [2.45, 2.75) is 51.5 Å². The summed E-state index contributed by atoms with van der Waals surface area (Å²) in [6.07, 6.45) is 10.1. The average molecular weight is 270 g/mol. The van der Waals surface area contributed by atoms with E-state index in [2.05, 4.69) is 28.4 Å². The molecule has 1 saturated carbocycles. The van der Waals surface area contributed by atoms with Crippen LogP contribution in [0.3, 0.4) is 0 Å². The summed E-state index contributed by atoms with van der Waals surface area (Å²) in [6, 6.07) is 6.84. The van der Waals surface area contributed by atoms with Crippen molar-refractivity contribution < 1.29 is 0 Å². The van der Waals surface area contributed by atoms with Crippen LogP contribution in [-0.2, 0) is 13.0 Å². The lowest BCUT2D eigenvalue weighted by molar-refractivity contribution is 0.104. The molecule has 1 spiro atoms. The highest BCUT2D eigenvalue weighted by atomic mass is 15.1. The molecule has 0 bridgehead atoms. The third-order valence-electron chi connectivity index (χ3n) is 5.91. The molecule has 108 valence electrons. The fourth-order valence-electron chi connectivity index (χ4n) is 4.59. The predicted molar refractivity (Wildman–Crippen MR) is 84.0 cm³/mol. The van der Waals surface area contributed by atoms with Crippen LogP contribution in [0.15, 0.2) is 18.2 Å². The average Bonchev–Trinajstić information content (AvgIpc) is 3.12. The molecule has 0 unspecified atom stereocenters. The van der Waals surface area contributed by atoms with Gasteiger partial charge in [-0.15, -0.1) is 0 Å². The zero-order valence-corrected chi connectivity index (χ0v) is 12.5. The summed E-state index contributed by atoms with van der Waals surface area (Å²) in [4.78, 5) is 2.68. The van der Waals surface area contributed by atoms with Gasteiger partial charge in [-0.3, -0.25) is 4.90 Å². The molecule has 2 aliphatic heterocycles. The highest BCUT2D eigenvalue weighted by molar-refractivity contribution is 5.61. The van der Waals surface area contributed by atoms with Gasteiger partial charge in [-0.1, -0.05) is 31.0 Å². The van der Waals surface area contributed by atoms with Crippen molar-refractivity contribution in [3.8, 4) is 0 Å². The lowest BCUT2D eigenvalue weighted by atomic mass is 9.77. The van der Waals surface area contributed by atoms with E-state index in [4.69, 9.17) is 0 Å². The van der Waals surface area contributed by atoms with Crippen molar-refractivity contribution >= 4 is 5.69 Å². The van der Waals surface area contributed by atoms with Gasteiger partial charge in [0, 0.05) is 18.8 Å². The van der Waals surface area contributed by atoms with Crippen LogP contribution in [0.5, 0.6) is 0 Å². The van der Waals surface area contributed by atoms with Crippen molar-refractivity contribution in [1.82, 2.24) is 4.90 Å². The first-order valence-corrected chi connectivity index (χ1v) is 8.42. The van der Waals surface area contributed by atoms with Gasteiger partial charge in [0.1, 0.15) is 0 Å². The first-order chi connectivity index (χ1) is 9.85. The SMILES string of the molecule is c1cc2c(c(CN3CCC4(CCCC4)CC3)c1)NCC2. The molecule has 2 nitrogen and oxygen atoms in total. The minimum Gasteiger partial charge on any atom is -0.384 e.